The van der Waals surface area contributed by atoms with Crippen LogP contribution in [-0.2, 0) is 0 Å². The molecule has 0 fully saturated rings. The Bertz CT molecular complexity index is 551. The SMILES string of the molecule is CCCC(=O)c1cc2cccc(C(C)CC)c2o1. The van der Waals surface area contributed by atoms with Crippen LogP contribution in [0, 0.1) is 0 Å². The van der Waals surface area contributed by atoms with Crippen LogP contribution in [0.2, 0.25) is 0 Å². The van der Waals surface area contributed by atoms with Gasteiger partial charge in [0.05, 0.1) is 0 Å². The van der Waals surface area contributed by atoms with Gasteiger partial charge in [0.1, 0.15) is 5.58 Å². The molecule has 0 saturated heterocycles. The molecular weight excluding hydrogens is 224 g/mol. The van der Waals surface area contributed by atoms with Gasteiger partial charge in [-0.25, -0.2) is 0 Å². The molecule has 1 aromatic heterocycles. The van der Waals surface area contributed by atoms with Crippen molar-refractivity contribution in [1.29, 1.82) is 0 Å². The molecule has 1 atom stereocenters. The molecule has 0 N–H and O–H groups in total. The highest BCUT2D eigenvalue weighted by atomic mass is 16.3. The molecule has 18 heavy (non-hydrogen) atoms. The summed E-state index contributed by atoms with van der Waals surface area (Å²) in [4.78, 5) is 11.9. The fraction of sp³-hybridized carbons (Fsp3) is 0.438. The number of para-hydroxylation sites is 1. The maximum absolute atomic E-state index is 11.9. The predicted molar refractivity (Wildman–Crippen MR) is 74.2 cm³/mol. The van der Waals surface area contributed by atoms with Crippen LogP contribution in [0.1, 0.15) is 62.1 Å². The van der Waals surface area contributed by atoms with E-state index in [-0.39, 0.29) is 5.78 Å². The number of benzene rings is 1. The molecule has 1 unspecified atom stereocenters. The van der Waals surface area contributed by atoms with Crippen molar-refractivity contribution in [3.8, 4) is 0 Å². The third kappa shape index (κ3) is 2.33. The van der Waals surface area contributed by atoms with Crippen LogP contribution in [0.5, 0.6) is 0 Å². The third-order valence-electron chi connectivity index (χ3n) is 3.47. The molecule has 2 rings (SSSR count). The molecule has 0 saturated carbocycles. The number of rotatable bonds is 5. The first-order valence-corrected chi connectivity index (χ1v) is 6.73. The second-order valence-corrected chi connectivity index (χ2v) is 4.86. The van der Waals surface area contributed by atoms with E-state index in [0.717, 1.165) is 23.8 Å². The van der Waals surface area contributed by atoms with Crippen LogP contribution < -0.4 is 0 Å². The van der Waals surface area contributed by atoms with Crippen molar-refractivity contribution < 1.29 is 9.21 Å². The van der Waals surface area contributed by atoms with Gasteiger partial charge in [0.2, 0.25) is 0 Å². The average Bonchev–Trinajstić information content (AvgIpc) is 2.81. The number of hydrogen-bond donors (Lipinski definition) is 0. The van der Waals surface area contributed by atoms with E-state index in [1.54, 1.807) is 0 Å². The number of ketones is 1. The molecule has 0 bridgehead atoms. The van der Waals surface area contributed by atoms with E-state index in [2.05, 4.69) is 19.9 Å². The molecule has 2 aromatic rings. The van der Waals surface area contributed by atoms with Crippen molar-refractivity contribution in [3.05, 3.63) is 35.6 Å². The molecular formula is C16H20O2. The van der Waals surface area contributed by atoms with Gasteiger partial charge in [-0.15, -0.1) is 0 Å². The van der Waals surface area contributed by atoms with Crippen molar-refractivity contribution in [2.24, 2.45) is 0 Å². The van der Waals surface area contributed by atoms with Crippen LogP contribution in [0.3, 0.4) is 0 Å². The number of furan rings is 1. The summed E-state index contributed by atoms with van der Waals surface area (Å²) in [5.41, 5.74) is 2.08. The number of hydrogen-bond acceptors (Lipinski definition) is 2. The minimum absolute atomic E-state index is 0.101. The van der Waals surface area contributed by atoms with E-state index in [0.29, 0.717) is 18.1 Å². The van der Waals surface area contributed by atoms with E-state index in [4.69, 9.17) is 4.42 Å². The van der Waals surface area contributed by atoms with Crippen molar-refractivity contribution in [2.45, 2.75) is 46.0 Å². The minimum Gasteiger partial charge on any atom is -0.453 e. The molecule has 0 aliphatic carbocycles. The highest BCUT2D eigenvalue weighted by molar-refractivity contribution is 5.98. The predicted octanol–water partition coefficient (Wildman–Crippen LogP) is 4.93. The molecule has 0 radical (unpaired) electrons. The number of carbonyl (C=O) groups is 1. The standard InChI is InChI=1S/C16H20O2/c1-4-7-14(17)15-10-12-8-6-9-13(11(3)5-2)16(12)18-15/h6,8-11H,4-5,7H2,1-3H3. The first-order chi connectivity index (χ1) is 8.67. The van der Waals surface area contributed by atoms with Crippen molar-refractivity contribution >= 4 is 16.8 Å². The smallest absolute Gasteiger partial charge is 0.198 e. The van der Waals surface area contributed by atoms with Crippen LogP contribution >= 0.6 is 0 Å². The normalized spacial score (nSPS) is 12.8. The van der Waals surface area contributed by atoms with Gasteiger partial charge in [-0.3, -0.25) is 4.79 Å². The largest absolute Gasteiger partial charge is 0.453 e. The third-order valence-corrected chi connectivity index (χ3v) is 3.47. The van der Waals surface area contributed by atoms with Gasteiger partial charge >= 0.3 is 0 Å². The summed E-state index contributed by atoms with van der Waals surface area (Å²) in [5.74, 6) is 1.06. The summed E-state index contributed by atoms with van der Waals surface area (Å²) in [6.07, 6.45) is 2.48. The van der Waals surface area contributed by atoms with Gasteiger partial charge in [0.25, 0.3) is 0 Å². The number of carbonyl (C=O) groups excluding carboxylic acids is 1. The lowest BCUT2D eigenvalue weighted by atomic mass is 9.97. The summed E-state index contributed by atoms with van der Waals surface area (Å²) >= 11 is 0. The molecule has 1 aromatic carbocycles. The van der Waals surface area contributed by atoms with E-state index in [1.165, 1.54) is 5.56 Å². The van der Waals surface area contributed by atoms with Crippen LogP contribution in [0.4, 0.5) is 0 Å². The van der Waals surface area contributed by atoms with Gasteiger partial charge in [0, 0.05) is 11.8 Å². The van der Waals surface area contributed by atoms with E-state index in [9.17, 15) is 4.79 Å². The Morgan fingerprint density at radius 2 is 2.11 bits per heavy atom. The minimum atomic E-state index is 0.101. The number of Topliss-reactive ketones (excluding diaryl/α,β-unsaturated/α-hetero) is 1. The fourth-order valence-electron chi connectivity index (χ4n) is 2.18. The summed E-state index contributed by atoms with van der Waals surface area (Å²) in [7, 11) is 0. The van der Waals surface area contributed by atoms with Gasteiger partial charge in [-0.05, 0) is 30.4 Å². The zero-order valence-electron chi connectivity index (χ0n) is 11.3. The molecule has 0 aliphatic rings. The van der Waals surface area contributed by atoms with Crippen LogP contribution in [0.15, 0.2) is 28.7 Å². The average molecular weight is 244 g/mol. The summed E-state index contributed by atoms with van der Waals surface area (Å²) in [6, 6.07) is 8.01. The maximum Gasteiger partial charge on any atom is 0.198 e. The zero-order valence-corrected chi connectivity index (χ0v) is 11.3. The van der Waals surface area contributed by atoms with E-state index in [1.807, 2.05) is 25.1 Å². The Balaban J connectivity index is 2.47. The highest BCUT2D eigenvalue weighted by Crippen LogP contribution is 2.30. The molecule has 96 valence electrons. The first kappa shape index (κ1) is 12.9. The molecule has 0 aliphatic heterocycles. The number of fused-ring (bicyclic) bond motifs is 1. The monoisotopic (exact) mass is 244 g/mol. The van der Waals surface area contributed by atoms with E-state index < -0.39 is 0 Å². The van der Waals surface area contributed by atoms with Gasteiger partial charge in [-0.1, -0.05) is 39.0 Å². The quantitative estimate of drug-likeness (QED) is 0.698. The second kappa shape index (κ2) is 5.38. The van der Waals surface area contributed by atoms with Crippen LogP contribution in [-0.4, -0.2) is 5.78 Å². The van der Waals surface area contributed by atoms with Gasteiger partial charge in [-0.2, -0.15) is 0 Å². The molecule has 0 spiro atoms. The Morgan fingerprint density at radius 3 is 2.78 bits per heavy atom. The Morgan fingerprint density at radius 1 is 1.33 bits per heavy atom. The second-order valence-electron chi connectivity index (χ2n) is 4.86. The molecule has 2 nitrogen and oxygen atoms in total. The first-order valence-electron chi connectivity index (χ1n) is 6.73. The van der Waals surface area contributed by atoms with Crippen molar-refractivity contribution in [1.82, 2.24) is 0 Å². The highest BCUT2D eigenvalue weighted by Gasteiger charge is 2.15. The Kier molecular flexibility index (Phi) is 3.85. The summed E-state index contributed by atoms with van der Waals surface area (Å²) < 4.78 is 5.79. The fourth-order valence-corrected chi connectivity index (χ4v) is 2.18. The summed E-state index contributed by atoms with van der Waals surface area (Å²) in [5, 5.41) is 1.03. The zero-order chi connectivity index (χ0) is 13.1. The maximum atomic E-state index is 11.9. The van der Waals surface area contributed by atoms with Gasteiger partial charge < -0.3 is 4.42 Å². The molecule has 1 heterocycles. The van der Waals surface area contributed by atoms with Crippen LogP contribution in [0.25, 0.3) is 11.0 Å². The van der Waals surface area contributed by atoms with Crippen molar-refractivity contribution in [3.63, 3.8) is 0 Å². The topological polar surface area (TPSA) is 30.2 Å². The van der Waals surface area contributed by atoms with E-state index >= 15 is 0 Å². The lowest BCUT2D eigenvalue weighted by molar-refractivity contribution is 0.0957. The molecule has 0 amide bonds. The van der Waals surface area contributed by atoms with Gasteiger partial charge in [0.15, 0.2) is 11.5 Å². The summed E-state index contributed by atoms with van der Waals surface area (Å²) in [6.45, 7) is 6.35. The van der Waals surface area contributed by atoms with Crippen molar-refractivity contribution in [2.75, 3.05) is 0 Å². The lowest BCUT2D eigenvalue weighted by Gasteiger charge is -2.08. The Labute approximate surface area is 108 Å². The molecule has 2 heteroatoms. The Hall–Kier alpha value is -1.57. The lowest BCUT2D eigenvalue weighted by Crippen LogP contribution is -1.95.